The zero-order valence-corrected chi connectivity index (χ0v) is 12.5. The van der Waals surface area contributed by atoms with Crippen molar-refractivity contribution in [2.75, 3.05) is 27.2 Å². The van der Waals surface area contributed by atoms with Gasteiger partial charge in [0.25, 0.3) is 0 Å². The molecule has 0 saturated heterocycles. The first-order valence-corrected chi connectivity index (χ1v) is 7.11. The summed E-state index contributed by atoms with van der Waals surface area (Å²) in [6.45, 7) is 3.67. The number of nitrogens with zero attached hydrogens (tertiary/aromatic N) is 1. The van der Waals surface area contributed by atoms with Crippen molar-refractivity contribution in [3.63, 3.8) is 0 Å². The summed E-state index contributed by atoms with van der Waals surface area (Å²) in [7, 11) is 4.11. The first-order chi connectivity index (χ1) is 9.56. The van der Waals surface area contributed by atoms with Crippen LogP contribution >= 0.6 is 0 Å². The van der Waals surface area contributed by atoms with Gasteiger partial charge in [-0.15, -0.1) is 0 Å². The highest BCUT2D eigenvalue weighted by Gasteiger charge is 2.10. The summed E-state index contributed by atoms with van der Waals surface area (Å²) in [5.41, 5.74) is 0.966. The summed E-state index contributed by atoms with van der Waals surface area (Å²) in [5.74, 6) is 0. The second kappa shape index (κ2) is 6.84. The zero-order valence-electron chi connectivity index (χ0n) is 12.5. The lowest BCUT2D eigenvalue weighted by Crippen LogP contribution is -2.37. The Kier molecular flexibility index (Phi) is 5.12. The monoisotopic (exact) mass is 272 g/mol. The number of benzene rings is 2. The number of hydrogen-bond donors (Lipinski definition) is 2. The molecule has 0 aromatic heterocycles. The Morgan fingerprint density at radius 3 is 2.50 bits per heavy atom. The Morgan fingerprint density at radius 1 is 1.10 bits per heavy atom. The normalized spacial score (nSPS) is 14.7. The van der Waals surface area contributed by atoms with Crippen LogP contribution in [0.25, 0.3) is 10.8 Å². The molecule has 20 heavy (non-hydrogen) atoms. The first-order valence-electron chi connectivity index (χ1n) is 7.11. The smallest absolute Gasteiger partial charge is 0.0914 e. The molecule has 0 radical (unpaired) electrons. The molecule has 0 aliphatic rings. The molecule has 3 nitrogen and oxygen atoms in total. The lowest BCUT2D eigenvalue weighted by atomic mass is 10.0. The maximum Gasteiger partial charge on any atom is 0.0914 e. The van der Waals surface area contributed by atoms with Gasteiger partial charge in [-0.05, 0) is 43.4 Å². The molecule has 2 N–H and O–H groups in total. The fraction of sp³-hybridized carbons (Fsp3) is 0.412. The summed E-state index contributed by atoms with van der Waals surface area (Å²) in [5, 5.41) is 16.0. The number of fused-ring (bicyclic) bond motifs is 1. The summed E-state index contributed by atoms with van der Waals surface area (Å²) < 4.78 is 0. The summed E-state index contributed by atoms with van der Waals surface area (Å²) in [4.78, 5) is 2.14. The van der Waals surface area contributed by atoms with E-state index < -0.39 is 6.10 Å². The SMILES string of the molecule is CC(CN(C)C)NCC(O)c1ccc2ccccc2c1. The topological polar surface area (TPSA) is 35.5 Å². The molecule has 0 fully saturated rings. The Bertz CT molecular complexity index is 553. The maximum atomic E-state index is 10.3. The van der Waals surface area contributed by atoms with Crippen molar-refractivity contribution in [2.24, 2.45) is 0 Å². The Hall–Kier alpha value is -1.42. The molecule has 2 rings (SSSR count). The van der Waals surface area contributed by atoms with Crippen LogP contribution in [0.5, 0.6) is 0 Å². The number of nitrogens with one attached hydrogen (secondary N) is 1. The Balaban J connectivity index is 1.98. The van der Waals surface area contributed by atoms with E-state index in [1.54, 1.807) is 0 Å². The molecule has 0 bridgehead atoms. The molecule has 2 aromatic carbocycles. The van der Waals surface area contributed by atoms with Gasteiger partial charge in [0.2, 0.25) is 0 Å². The number of likely N-dealkylation sites (N-methyl/N-ethyl adjacent to an activating group) is 1. The van der Waals surface area contributed by atoms with Gasteiger partial charge < -0.3 is 15.3 Å². The fourth-order valence-electron chi connectivity index (χ4n) is 2.46. The standard InChI is InChI=1S/C17H24N2O/c1-13(12-19(2)3)18-11-17(20)16-9-8-14-6-4-5-7-15(14)10-16/h4-10,13,17-18,20H,11-12H2,1-3H3. The Labute approximate surface area is 121 Å². The highest BCUT2D eigenvalue weighted by atomic mass is 16.3. The van der Waals surface area contributed by atoms with Gasteiger partial charge in [-0.25, -0.2) is 0 Å². The minimum absolute atomic E-state index is 0.361. The van der Waals surface area contributed by atoms with Crippen LogP contribution in [0.2, 0.25) is 0 Å². The summed E-state index contributed by atoms with van der Waals surface area (Å²) >= 11 is 0. The second-order valence-corrected chi connectivity index (χ2v) is 5.69. The molecule has 0 saturated carbocycles. The first kappa shape index (κ1) is 15.0. The van der Waals surface area contributed by atoms with Crippen molar-refractivity contribution in [2.45, 2.75) is 19.1 Å². The minimum atomic E-state index is -0.468. The third-order valence-corrected chi connectivity index (χ3v) is 3.46. The Morgan fingerprint density at radius 2 is 1.80 bits per heavy atom. The van der Waals surface area contributed by atoms with Gasteiger partial charge in [-0.3, -0.25) is 0 Å². The molecule has 0 aliphatic carbocycles. The van der Waals surface area contributed by atoms with Crippen molar-refractivity contribution in [1.82, 2.24) is 10.2 Å². The van der Waals surface area contributed by atoms with Gasteiger partial charge in [0.05, 0.1) is 6.10 Å². The molecule has 0 spiro atoms. The third kappa shape index (κ3) is 4.04. The van der Waals surface area contributed by atoms with Crippen LogP contribution in [-0.4, -0.2) is 43.2 Å². The average Bonchev–Trinajstić information content (AvgIpc) is 2.43. The van der Waals surface area contributed by atoms with Crippen molar-refractivity contribution in [3.05, 3.63) is 48.0 Å². The van der Waals surface area contributed by atoms with Crippen LogP contribution in [0.4, 0.5) is 0 Å². The maximum absolute atomic E-state index is 10.3. The van der Waals surface area contributed by atoms with E-state index in [-0.39, 0.29) is 0 Å². The molecule has 0 heterocycles. The lowest BCUT2D eigenvalue weighted by molar-refractivity contribution is 0.168. The fourth-order valence-corrected chi connectivity index (χ4v) is 2.46. The van der Waals surface area contributed by atoms with Gasteiger partial charge in [0.15, 0.2) is 0 Å². The molecule has 3 heteroatoms. The van der Waals surface area contributed by atoms with E-state index in [1.165, 1.54) is 10.8 Å². The summed E-state index contributed by atoms with van der Waals surface area (Å²) in [6, 6.07) is 14.7. The van der Waals surface area contributed by atoms with Crippen LogP contribution in [0.3, 0.4) is 0 Å². The quantitative estimate of drug-likeness (QED) is 0.847. The van der Waals surface area contributed by atoms with Gasteiger partial charge in [-0.1, -0.05) is 36.4 Å². The van der Waals surface area contributed by atoms with E-state index in [1.807, 2.05) is 18.2 Å². The third-order valence-electron chi connectivity index (χ3n) is 3.46. The molecule has 108 valence electrons. The van der Waals surface area contributed by atoms with Crippen LogP contribution < -0.4 is 5.32 Å². The van der Waals surface area contributed by atoms with Crippen LogP contribution in [0, 0.1) is 0 Å². The molecule has 0 amide bonds. The molecule has 2 unspecified atom stereocenters. The number of rotatable bonds is 6. The van der Waals surface area contributed by atoms with Crippen molar-refractivity contribution >= 4 is 10.8 Å². The second-order valence-electron chi connectivity index (χ2n) is 5.69. The van der Waals surface area contributed by atoms with E-state index >= 15 is 0 Å². The van der Waals surface area contributed by atoms with E-state index in [9.17, 15) is 5.11 Å². The van der Waals surface area contributed by atoms with Gasteiger partial charge in [0.1, 0.15) is 0 Å². The molecule has 2 aromatic rings. The number of hydrogen-bond acceptors (Lipinski definition) is 3. The van der Waals surface area contributed by atoms with E-state index in [0.717, 1.165) is 12.1 Å². The predicted molar refractivity (Wildman–Crippen MR) is 84.9 cm³/mol. The average molecular weight is 272 g/mol. The van der Waals surface area contributed by atoms with Crippen LogP contribution in [0.15, 0.2) is 42.5 Å². The van der Waals surface area contributed by atoms with E-state index in [4.69, 9.17) is 0 Å². The molecular formula is C17H24N2O. The molecular weight excluding hydrogens is 248 g/mol. The van der Waals surface area contributed by atoms with Gasteiger partial charge in [-0.2, -0.15) is 0 Å². The van der Waals surface area contributed by atoms with Crippen molar-refractivity contribution in [3.8, 4) is 0 Å². The molecule has 0 aliphatic heterocycles. The van der Waals surface area contributed by atoms with Crippen LogP contribution in [-0.2, 0) is 0 Å². The van der Waals surface area contributed by atoms with Gasteiger partial charge >= 0.3 is 0 Å². The van der Waals surface area contributed by atoms with Crippen LogP contribution in [0.1, 0.15) is 18.6 Å². The number of aliphatic hydroxyl groups is 1. The van der Waals surface area contributed by atoms with Crippen molar-refractivity contribution in [1.29, 1.82) is 0 Å². The van der Waals surface area contributed by atoms with E-state index in [0.29, 0.717) is 12.6 Å². The largest absolute Gasteiger partial charge is 0.387 e. The summed E-state index contributed by atoms with van der Waals surface area (Å²) in [6.07, 6.45) is -0.468. The number of aliphatic hydroxyl groups excluding tert-OH is 1. The molecule has 2 atom stereocenters. The minimum Gasteiger partial charge on any atom is -0.387 e. The lowest BCUT2D eigenvalue weighted by Gasteiger charge is -2.20. The predicted octanol–water partition coefficient (Wildman–Crippen LogP) is 2.41. The highest BCUT2D eigenvalue weighted by Crippen LogP contribution is 2.20. The van der Waals surface area contributed by atoms with Gasteiger partial charge in [0, 0.05) is 19.1 Å². The van der Waals surface area contributed by atoms with E-state index in [2.05, 4.69) is 55.5 Å². The zero-order chi connectivity index (χ0) is 14.5. The van der Waals surface area contributed by atoms with Crippen molar-refractivity contribution < 1.29 is 5.11 Å². The highest BCUT2D eigenvalue weighted by molar-refractivity contribution is 5.83.